The summed E-state index contributed by atoms with van der Waals surface area (Å²) in [5.74, 6) is -0.307. The maximum absolute atomic E-state index is 12.7. The maximum Gasteiger partial charge on any atom is 0.261 e. The van der Waals surface area contributed by atoms with Crippen LogP contribution in [-0.4, -0.2) is 14.3 Å². The number of halogens is 1. The number of amides is 1. The van der Waals surface area contributed by atoms with Crippen LogP contribution in [0.4, 0.5) is 11.4 Å². The Bertz CT molecular complexity index is 1270. The fourth-order valence-electron chi connectivity index (χ4n) is 3.08. The molecule has 1 amide bonds. The van der Waals surface area contributed by atoms with E-state index in [0.29, 0.717) is 16.4 Å². The highest BCUT2D eigenvalue weighted by Crippen LogP contribution is 2.24. The molecule has 33 heavy (non-hydrogen) atoms. The lowest BCUT2D eigenvalue weighted by Gasteiger charge is -2.18. The third kappa shape index (κ3) is 6.70. The molecule has 5 nitrogen and oxygen atoms in total. The monoisotopic (exact) mass is 482 g/mol. The van der Waals surface area contributed by atoms with E-state index in [9.17, 15) is 13.2 Å². The Hall–Kier alpha value is -3.09. The van der Waals surface area contributed by atoms with Crippen molar-refractivity contribution in [1.82, 2.24) is 0 Å². The Labute approximate surface area is 200 Å². The molecule has 0 spiro atoms. The van der Waals surface area contributed by atoms with Crippen LogP contribution in [0.25, 0.3) is 6.08 Å². The van der Waals surface area contributed by atoms with Crippen molar-refractivity contribution in [1.29, 1.82) is 0 Å². The highest BCUT2D eigenvalue weighted by Gasteiger charge is 2.16. The molecule has 0 heterocycles. The Kier molecular flexibility index (Phi) is 7.30. The second-order valence-corrected chi connectivity index (χ2v) is 10.9. The van der Waals surface area contributed by atoms with Crippen molar-refractivity contribution in [2.24, 2.45) is 0 Å². The summed E-state index contributed by atoms with van der Waals surface area (Å²) < 4.78 is 27.9. The predicted molar refractivity (Wildman–Crippen MR) is 136 cm³/mol. The fraction of sp³-hybridized carbons (Fsp3) is 0.192. The average molecular weight is 483 g/mol. The van der Waals surface area contributed by atoms with Gasteiger partial charge in [0.05, 0.1) is 10.6 Å². The summed E-state index contributed by atoms with van der Waals surface area (Å²) in [7, 11) is -3.79. The molecule has 0 aliphatic rings. The van der Waals surface area contributed by atoms with Gasteiger partial charge in [-0.2, -0.15) is 0 Å². The molecule has 0 saturated carbocycles. The van der Waals surface area contributed by atoms with Crippen LogP contribution in [0.2, 0.25) is 5.02 Å². The first kappa shape index (κ1) is 24.6. The number of sulfonamides is 1. The van der Waals surface area contributed by atoms with Gasteiger partial charge < -0.3 is 5.32 Å². The van der Waals surface area contributed by atoms with E-state index in [1.165, 1.54) is 23.8 Å². The topological polar surface area (TPSA) is 75.3 Å². The summed E-state index contributed by atoms with van der Waals surface area (Å²) in [6, 6.07) is 19.0. The van der Waals surface area contributed by atoms with Gasteiger partial charge in [0.25, 0.3) is 10.0 Å². The summed E-state index contributed by atoms with van der Waals surface area (Å²) >= 11 is 5.97. The molecule has 3 rings (SSSR count). The molecule has 0 bridgehead atoms. The van der Waals surface area contributed by atoms with Gasteiger partial charge in [-0.15, -0.1) is 0 Å². The average Bonchev–Trinajstić information content (AvgIpc) is 2.75. The minimum Gasteiger partial charge on any atom is -0.323 e. The van der Waals surface area contributed by atoms with Crippen molar-refractivity contribution >= 4 is 45.0 Å². The second kappa shape index (κ2) is 9.81. The van der Waals surface area contributed by atoms with Gasteiger partial charge in [-0.25, -0.2) is 8.42 Å². The van der Waals surface area contributed by atoms with E-state index in [2.05, 4.69) is 42.9 Å². The number of hydrogen-bond donors (Lipinski definition) is 2. The van der Waals surface area contributed by atoms with Crippen LogP contribution in [0.1, 0.15) is 37.5 Å². The Morgan fingerprint density at radius 3 is 2.18 bits per heavy atom. The normalized spacial score (nSPS) is 12.0. The van der Waals surface area contributed by atoms with Gasteiger partial charge in [0.15, 0.2) is 0 Å². The molecule has 0 atom stereocenters. The highest BCUT2D eigenvalue weighted by molar-refractivity contribution is 7.92. The quantitative estimate of drug-likeness (QED) is 0.399. The standard InChI is InChI=1S/C26H27ClN2O3S/c1-18-5-11-21(27)17-24(18)29-33(31,32)23-14-12-22(13-15-23)28-25(30)16-8-19-6-9-20(10-7-19)26(2,3)4/h5-17,29H,1-4H3,(H,28,30)/b16-8+. The van der Waals surface area contributed by atoms with E-state index >= 15 is 0 Å². The van der Waals surface area contributed by atoms with Crippen LogP contribution in [-0.2, 0) is 20.2 Å². The van der Waals surface area contributed by atoms with Crippen LogP contribution in [0.15, 0.2) is 77.7 Å². The van der Waals surface area contributed by atoms with E-state index < -0.39 is 10.0 Å². The Morgan fingerprint density at radius 2 is 1.58 bits per heavy atom. The van der Waals surface area contributed by atoms with Gasteiger partial charge in [0.1, 0.15) is 0 Å². The molecule has 7 heteroatoms. The van der Waals surface area contributed by atoms with E-state index in [-0.39, 0.29) is 16.2 Å². The molecule has 0 aliphatic heterocycles. The van der Waals surface area contributed by atoms with Gasteiger partial charge in [0.2, 0.25) is 5.91 Å². The molecule has 3 aromatic carbocycles. The number of anilines is 2. The lowest BCUT2D eigenvalue weighted by Crippen LogP contribution is -2.14. The van der Waals surface area contributed by atoms with Crippen LogP contribution in [0.5, 0.6) is 0 Å². The zero-order valence-corrected chi connectivity index (χ0v) is 20.6. The fourth-order valence-corrected chi connectivity index (χ4v) is 4.37. The molecule has 0 fully saturated rings. The number of carbonyl (C=O) groups excluding carboxylic acids is 1. The molecule has 0 unspecified atom stereocenters. The van der Waals surface area contributed by atoms with E-state index in [4.69, 9.17) is 11.6 Å². The number of nitrogens with one attached hydrogen (secondary N) is 2. The number of benzene rings is 3. The summed E-state index contributed by atoms with van der Waals surface area (Å²) in [5.41, 5.74) is 3.88. The lowest BCUT2D eigenvalue weighted by atomic mass is 9.87. The molecule has 2 N–H and O–H groups in total. The van der Waals surface area contributed by atoms with Crippen molar-refractivity contribution in [3.63, 3.8) is 0 Å². The third-order valence-corrected chi connectivity index (χ3v) is 6.70. The van der Waals surface area contributed by atoms with Crippen molar-refractivity contribution in [2.75, 3.05) is 10.0 Å². The van der Waals surface area contributed by atoms with Crippen LogP contribution >= 0.6 is 11.6 Å². The van der Waals surface area contributed by atoms with Crippen molar-refractivity contribution in [3.8, 4) is 0 Å². The van der Waals surface area contributed by atoms with Gasteiger partial charge in [0, 0.05) is 16.8 Å². The van der Waals surface area contributed by atoms with Gasteiger partial charge in [-0.05, 0) is 71.5 Å². The van der Waals surface area contributed by atoms with E-state index in [1.807, 2.05) is 12.1 Å². The van der Waals surface area contributed by atoms with Crippen molar-refractivity contribution in [3.05, 3.63) is 94.5 Å². The zero-order chi connectivity index (χ0) is 24.2. The maximum atomic E-state index is 12.7. The molecule has 172 valence electrons. The second-order valence-electron chi connectivity index (χ2n) is 8.78. The van der Waals surface area contributed by atoms with Crippen molar-refractivity contribution in [2.45, 2.75) is 38.0 Å². The molecule has 3 aromatic rings. The number of hydrogen-bond acceptors (Lipinski definition) is 3. The number of aryl methyl sites for hydroxylation is 1. The van der Waals surface area contributed by atoms with E-state index in [0.717, 1.165) is 11.1 Å². The van der Waals surface area contributed by atoms with Crippen LogP contribution in [0, 0.1) is 6.92 Å². The molecular weight excluding hydrogens is 456 g/mol. The number of carbonyl (C=O) groups is 1. The van der Waals surface area contributed by atoms with Gasteiger partial charge in [-0.3, -0.25) is 9.52 Å². The zero-order valence-electron chi connectivity index (χ0n) is 19.0. The van der Waals surface area contributed by atoms with Crippen LogP contribution < -0.4 is 10.0 Å². The largest absolute Gasteiger partial charge is 0.323 e. The summed E-state index contributed by atoms with van der Waals surface area (Å²) in [4.78, 5) is 12.3. The SMILES string of the molecule is Cc1ccc(Cl)cc1NS(=O)(=O)c1ccc(NC(=O)/C=C/c2ccc(C(C)(C)C)cc2)cc1. The molecule has 0 aromatic heterocycles. The number of rotatable bonds is 6. The van der Waals surface area contributed by atoms with E-state index in [1.54, 1.807) is 43.3 Å². The summed E-state index contributed by atoms with van der Waals surface area (Å²) in [5, 5.41) is 3.17. The summed E-state index contributed by atoms with van der Waals surface area (Å²) in [6.07, 6.45) is 3.18. The third-order valence-electron chi connectivity index (χ3n) is 5.08. The highest BCUT2D eigenvalue weighted by atomic mass is 35.5. The first-order valence-corrected chi connectivity index (χ1v) is 12.3. The summed E-state index contributed by atoms with van der Waals surface area (Å²) in [6.45, 7) is 8.24. The molecule has 0 aliphatic carbocycles. The minimum absolute atomic E-state index is 0.0712. The predicted octanol–water partition coefficient (Wildman–Crippen LogP) is 6.40. The van der Waals surface area contributed by atoms with Crippen LogP contribution in [0.3, 0.4) is 0 Å². The lowest BCUT2D eigenvalue weighted by molar-refractivity contribution is -0.111. The first-order chi connectivity index (χ1) is 15.4. The Morgan fingerprint density at radius 1 is 0.939 bits per heavy atom. The molecule has 0 saturated heterocycles. The smallest absolute Gasteiger partial charge is 0.261 e. The van der Waals surface area contributed by atoms with Crippen molar-refractivity contribution < 1.29 is 13.2 Å². The van der Waals surface area contributed by atoms with Gasteiger partial charge in [-0.1, -0.05) is 62.7 Å². The molecule has 0 radical (unpaired) electrons. The minimum atomic E-state index is -3.79. The Balaban J connectivity index is 1.64. The molecular formula is C26H27ClN2O3S. The first-order valence-electron chi connectivity index (χ1n) is 10.4. The van der Waals surface area contributed by atoms with Gasteiger partial charge >= 0.3 is 0 Å².